The zero-order valence-electron chi connectivity index (χ0n) is 14.5. The van der Waals surface area contributed by atoms with Crippen LogP contribution in [-0.2, 0) is 31.4 Å². The fraction of sp³-hybridized carbons (Fsp3) is 0.385. The van der Waals surface area contributed by atoms with Gasteiger partial charge in [0.05, 0.1) is 5.02 Å². The summed E-state index contributed by atoms with van der Waals surface area (Å²) in [7, 11) is 1.33. The Morgan fingerprint density at radius 1 is 1.54 bits per heavy atom. The van der Waals surface area contributed by atoms with Gasteiger partial charge in [0.1, 0.15) is 23.5 Å². The van der Waals surface area contributed by atoms with Crippen LogP contribution < -0.4 is 16.0 Å². The summed E-state index contributed by atoms with van der Waals surface area (Å²) >= 11 is 10.3. The zero-order chi connectivity index (χ0) is 20.3. The molecule has 1 N–H and O–H groups in total. The molecule has 0 fully saturated rings. The van der Waals surface area contributed by atoms with Crippen LogP contribution >= 0.6 is 35.2 Å². The van der Waals surface area contributed by atoms with Crippen molar-refractivity contribution in [3.63, 3.8) is 0 Å². The first-order valence-corrected chi connectivity index (χ1v) is 10.5. The van der Waals surface area contributed by atoms with Crippen LogP contribution in [0.2, 0.25) is 5.02 Å². The Bertz CT molecular complexity index is 999. The Morgan fingerprint density at radius 2 is 2.32 bits per heavy atom. The maximum atomic E-state index is 12.6. The van der Waals surface area contributed by atoms with Gasteiger partial charge in [-0.15, -0.1) is 25.8 Å². The second kappa shape index (κ2) is 9.00. The Labute approximate surface area is 175 Å². The van der Waals surface area contributed by atoms with E-state index in [2.05, 4.69) is 15.7 Å². The highest BCUT2D eigenvalue weighted by Gasteiger charge is 2.26. The third-order valence-corrected chi connectivity index (χ3v) is 6.21. The zero-order valence-corrected chi connectivity index (χ0v) is 17.7. The summed E-state index contributed by atoms with van der Waals surface area (Å²) in [5, 5.41) is 9.33. The third kappa shape index (κ3) is 4.05. The SMILES string of the molecule is CCc1nn(C(=S)NOS(=O)c2c(Cl)csc2C2=NOCCO2)c(=O)n1OC. The number of ether oxygens (including phenoxy) is 1. The largest absolute Gasteiger partial charge is 0.471 e. The van der Waals surface area contributed by atoms with Gasteiger partial charge in [0, 0.05) is 11.8 Å². The maximum absolute atomic E-state index is 12.6. The number of hydrogen-bond acceptors (Lipinski definition) is 10. The number of aryl methyl sites for hydroxylation is 1. The van der Waals surface area contributed by atoms with Crippen LogP contribution in [0.3, 0.4) is 0 Å². The van der Waals surface area contributed by atoms with Crippen LogP contribution in [-0.4, -0.2) is 50.1 Å². The Morgan fingerprint density at radius 3 is 2.93 bits per heavy atom. The Kier molecular flexibility index (Phi) is 6.66. The summed E-state index contributed by atoms with van der Waals surface area (Å²) < 4.78 is 24.9. The van der Waals surface area contributed by atoms with Crippen LogP contribution in [0.5, 0.6) is 0 Å². The van der Waals surface area contributed by atoms with Gasteiger partial charge in [-0.25, -0.2) is 14.5 Å². The number of hydrogen-bond donors (Lipinski definition) is 1. The van der Waals surface area contributed by atoms with Gasteiger partial charge >= 0.3 is 5.69 Å². The van der Waals surface area contributed by atoms with E-state index in [1.165, 1.54) is 18.4 Å². The van der Waals surface area contributed by atoms with Crippen molar-refractivity contribution >= 4 is 57.2 Å². The van der Waals surface area contributed by atoms with E-state index in [9.17, 15) is 9.00 Å². The number of nitrogens with zero attached hydrogens (tertiary/aromatic N) is 4. The molecule has 1 aliphatic heterocycles. The molecule has 2 aromatic heterocycles. The number of halogens is 1. The minimum atomic E-state index is -2.10. The first-order chi connectivity index (χ1) is 13.5. The number of rotatable bonds is 6. The molecule has 0 spiro atoms. The van der Waals surface area contributed by atoms with Crippen LogP contribution in [0.25, 0.3) is 0 Å². The lowest BCUT2D eigenvalue weighted by molar-refractivity contribution is 0.0656. The number of thiocarbonyl (C=S) groups is 1. The van der Waals surface area contributed by atoms with Crippen molar-refractivity contribution in [2.75, 3.05) is 20.3 Å². The number of thiophene rings is 1. The highest BCUT2D eigenvalue weighted by atomic mass is 35.5. The smallest absolute Gasteiger partial charge is 0.386 e. The predicted octanol–water partition coefficient (Wildman–Crippen LogP) is 0.466. The van der Waals surface area contributed by atoms with E-state index in [-0.39, 0.29) is 20.9 Å². The van der Waals surface area contributed by atoms with Crippen molar-refractivity contribution in [1.29, 1.82) is 0 Å². The van der Waals surface area contributed by atoms with Crippen LogP contribution in [0.4, 0.5) is 0 Å². The molecule has 152 valence electrons. The number of nitrogens with one attached hydrogen (secondary N) is 1. The normalized spacial score (nSPS) is 14.6. The van der Waals surface area contributed by atoms with Crippen molar-refractivity contribution in [1.82, 2.24) is 20.0 Å². The molecule has 28 heavy (non-hydrogen) atoms. The summed E-state index contributed by atoms with van der Waals surface area (Å²) in [5.74, 6) is 0.508. The first-order valence-electron chi connectivity index (χ1n) is 7.72. The molecule has 1 aliphatic rings. The molecular weight excluding hydrogens is 454 g/mol. The topological polar surface area (TPSA) is 118 Å². The van der Waals surface area contributed by atoms with E-state index in [1.54, 1.807) is 12.3 Å². The lowest BCUT2D eigenvalue weighted by Crippen LogP contribution is -2.38. The molecular formula is C13H14ClN5O6S3. The molecule has 11 nitrogen and oxygen atoms in total. The second-order valence-electron chi connectivity index (χ2n) is 4.99. The molecule has 3 rings (SSSR count). The molecule has 0 saturated carbocycles. The summed E-state index contributed by atoms with van der Waals surface area (Å²) in [6.07, 6.45) is 0.434. The number of oxime groups is 1. The van der Waals surface area contributed by atoms with Gasteiger partial charge in [0.15, 0.2) is 12.4 Å². The molecule has 2 aromatic rings. The summed E-state index contributed by atoms with van der Waals surface area (Å²) in [6.45, 7) is 2.41. The summed E-state index contributed by atoms with van der Waals surface area (Å²) in [4.78, 5) is 22.7. The average molecular weight is 468 g/mol. The van der Waals surface area contributed by atoms with Crippen LogP contribution in [0, 0.1) is 0 Å². The lowest BCUT2D eigenvalue weighted by Gasteiger charge is -2.13. The maximum Gasteiger partial charge on any atom is 0.386 e. The third-order valence-electron chi connectivity index (χ3n) is 3.33. The summed E-state index contributed by atoms with van der Waals surface area (Å²) in [6, 6.07) is 0. The molecule has 15 heteroatoms. The van der Waals surface area contributed by atoms with Gasteiger partial charge in [0.25, 0.3) is 5.90 Å². The average Bonchev–Trinajstić information content (AvgIpc) is 3.26. The van der Waals surface area contributed by atoms with Crippen molar-refractivity contribution in [2.24, 2.45) is 5.16 Å². The van der Waals surface area contributed by atoms with Gasteiger partial charge in [-0.3, -0.25) is 0 Å². The summed E-state index contributed by atoms with van der Waals surface area (Å²) in [5.41, 5.74) is 1.63. The fourth-order valence-corrected chi connectivity index (χ4v) is 4.68. The molecule has 0 saturated heterocycles. The van der Waals surface area contributed by atoms with Gasteiger partial charge in [0.2, 0.25) is 16.2 Å². The standard InChI is InChI=1S/C13H14ClN5O6S3/c1-3-8-15-18(13(20)19(8)22-2)12(26)17-25-28(21)10-7(14)6-27-9(10)11-16-24-5-4-23-11/h6H,3-5H2,1-2H3,(H,17,26). The highest BCUT2D eigenvalue weighted by Crippen LogP contribution is 2.31. The van der Waals surface area contributed by atoms with E-state index in [0.717, 1.165) is 9.41 Å². The lowest BCUT2D eigenvalue weighted by atomic mass is 10.4. The van der Waals surface area contributed by atoms with E-state index in [4.69, 9.17) is 42.5 Å². The minimum Gasteiger partial charge on any atom is -0.471 e. The highest BCUT2D eigenvalue weighted by molar-refractivity contribution is 7.81. The molecule has 0 bridgehead atoms. The van der Waals surface area contributed by atoms with Crippen molar-refractivity contribution in [3.8, 4) is 0 Å². The molecule has 3 heterocycles. The van der Waals surface area contributed by atoms with Crippen molar-refractivity contribution < 1.29 is 22.9 Å². The van der Waals surface area contributed by atoms with E-state index in [0.29, 0.717) is 30.3 Å². The Balaban J connectivity index is 1.76. The second-order valence-corrected chi connectivity index (χ2v) is 7.70. The monoisotopic (exact) mass is 467 g/mol. The van der Waals surface area contributed by atoms with Crippen LogP contribution in [0.1, 0.15) is 17.6 Å². The molecule has 1 unspecified atom stereocenters. The Hall–Kier alpha value is -2.00. The van der Waals surface area contributed by atoms with Crippen molar-refractivity contribution in [3.05, 3.63) is 31.6 Å². The molecule has 0 aromatic carbocycles. The number of hydroxylamine groups is 1. The van der Waals surface area contributed by atoms with Crippen LogP contribution in [0.15, 0.2) is 20.2 Å². The minimum absolute atomic E-state index is 0.134. The number of aromatic nitrogens is 3. The predicted molar refractivity (Wildman–Crippen MR) is 105 cm³/mol. The molecule has 0 aliphatic carbocycles. The quantitative estimate of drug-likeness (QED) is 0.477. The van der Waals surface area contributed by atoms with E-state index < -0.39 is 16.8 Å². The van der Waals surface area contributed by atoms with Gasteiger partial charge in [-0.1, -0.05) is 18.5 Å². The fourth-order valence-electron chi connectivity index (χ4n) is 2.13. The molecule has 1 atom stereocenters. The van der Waals surface area contributed by atoms with E-state index >= 15 is 0 Å². The van der Waals surface area contributed by atoms with Crippen molar-refractivity contribution in [2.45, 2.75) is 18.2 Å². The van der Waals surface area contributed by atoms with Gasteiger partial charge in [-0.05, 0) is 17.4 Å². The first kappa shape index (κ1) is 20.7. The molecule has 0 radical (unpaired) electrons. The van der Waals surface area contributed by atoms with Gasteiger partial charge in [-0.2, -0.15) is 4.28 Å². The van der Waals surface area contributed by atoms with Gasteiger partial charge < -0.3 is 14.4 Å². The molecule has 0 amide bonds. The van der Waals surface area contributed by atoms with E-state index in [1.807, 2.05) is 0 Å².